The van der Waals surface area contributed by atoms with Crippen LogP contribution in [0.3, 0.4) is 0 Å². The van der Waals surface area contributed by atoms with E-state index >= 15 is 0 Å². The van der Waals surface area contributed by atoms with Gasteiger partial charge in [-0.05, 0) is 55.0 Å². The Labute approximate surface area is 148 Å². The Kier molecular flexibility index (Phi) is 3.95. The monoisotopic (exact) mass is 324 g/mol. The molecule has 0 aliphatic rings. The standard InChI is InChI=1S/C23H20N2/c1-17-14-21(18(2)25(17)23-10-4-3-5-11-23)16-24-22-13-12-19-8-6-7-9-20(19)15-22/h3-16H,1-2H3. The molecule has 0 bridgehead atoms. The fraction of sp³-hybridized carbons (Fsp3) is 0.0870. The van der Waals surface area contributed by atoms with Gasteiger partial charge >= 0.3 is 0 Å². The van der Waals surface area contributed by atoms with Crippen molar-refractivity contribution in [2.24, 2.45) is 4.99 Å². The van der Waals surface area contributed by atoms with E-state index in [2.05, 4.69) is 91.2 Å². The van der Waals surface area contributed by atoms with Gasteiger partial charge in [0, 0.05) is 28.9 Å². The van der Waals surface area contributed by atoms with Crippen LogP contribution in [0.25, 0.3) is 16.5 Å². The largest absolute Gasteiger partial charge is 0.318 e. The number of para-hydroxylation sites is 1. The molecule has 25 heavy (non-hydrogen) atoms. The van der Waals surface area contributed by atoms with Crippen LogP contribution in [-0.4, -0.2) is 10.8 Å². The number of nitrogens with zero attached hydrogens (tertiary/aromatic N) is 2. The maximum Gasteiger partial charge on any atom is 0.0636 e. The first-order valence-corrected chi connectivity index (χ1v) is 8.49. The molecular weight excluding hydrogens is 304 g/mol. The summed E-state index contributed by atoms with van der Waals surface area (Å²) in [6, 6.07) is 27.3. The molecule has 0 spiro atoms. The van der Waals surface area contributed by atoms with E-state index in [9.17, 15) is 0 Å². The summed E-state index contributed by atoms with van der Waals surface area (Å²) in [5, 5.41) is 2.45. The normalized spacial score (nSPS) is 11.4. The summed E-state index contributed by atoms with van der Waals surface area (Å²) in [6.07, 6.45) is 1.96. The van der Waals surface area contributed by atoms with Gasteiger partial charge in [0.15, 0.2) is 0 Å². The molecule has 0 N–H and O–H groups in total. The summed E-state index contributed by atoms with van der Waals surface area (Å²) in [4.78, 5) is 4.70. The Bertz CT molecular complexity index is 1060. The van der Waals surface area contributed by atoms with Crippen LogP contribution >= 0.6 is 0 Å². The van der Waals surface area contributed by atoms with Gasteiger partial charge in [0.05, 0.1) is 5.69 Å². The molecule has 4 rings (SSSR count). The van der Waals surface area contributed by atoms with Gasteiger partial charge in [-0.2, -0.15) is 0 Å². The number of benzene rings is 3. The summed E-state index contributed by atoms with van der Waals surface area (Å²) >= 11 is 0. The summed E-state index contributed by atoms with van der Waals surface area (Å²) in [6.45, 7) is 4.27. The maximum absolute atomic E-state index is 4.70. The van der Waals surface area contributed by atoms with E-state index in [1.165, 1.54) is 27.8 Å². The maximum atomic E-state index is 4.70. The molecule has 1 heterocycles. The van der Waals surface area contributed by atoms with Gasteiger partial charge < -0.3 is 4.57 Å². The highest BCUT2D eigenvalue weighted by Gasteiger charge is 2.08. The molecule has 2 nitrogen and oxygen atoms in total. The number of aromatic nitrogens is 1. The Balaban J connectivity index is 1.69. The van der Waals surface area contributed by atoms with Crippen molar-refractivity contribution >= 4 is 22.7 Å². The molecule has 0 aliphatic heterocycles. The van der Waals surface area contributed by atoms with Crippen molar-refractivity contribution in [2.75, 3.05) is 0 Å². The summed E-state index contributed by atoms with van der Waals surface area (Å²) < 4.78 is 2.27. The van der Waals surface area contributed by atoms with Crippen LogP contribution in [0.2, 0.25) is 0 Å². The van der Waals surface area contributed by atoms with Crippen molar-refractivity contribution in [2.45, 2.75) is 13.8 Å². The number of fused-ring (bicyclic) bond motifs is 1. The molecule has 0 fully saturated rings. The van der Waals surface area contributed by atoms with Crippen LogP contribution in [0.5, 0.6) is 0 Å². The van der Waals surface area contributed by atoms with Gasteiger partial charge in [-0.1, -0.05) is 48.5 Å². The summed E-state index contributed by atoms with van der Waals surface area (Å²) in [5.74, 6) is 0. The fourth-order valence-electron chi connectivity index (χ4n) is 3.29. The lowest BCUT2D eigenvalue weighted by atomic mass is 10.1. The molecule has 0 amide bonds. The van der Waals surface area contributed by atoms with Crippen molar-refractivity contribution < 1.29 is 0 Å². The Morgan fingerprint density at radius 1 is 0.760 bits per heavy atom. The van der Waals surface area contributed by atoms with E-state index in [0.29, 0.717) is 0 Å². The number of aliphatic imine (C=N–C) groups is 1. The predicted molar refractivity (Wildman–Crippen MR) is 106 cm³/mol. The average Bonchev–Trinajstić information content (AvgIpc) is 2.94. The first-order valence-electron chi connectivity index (χ1n) is 8.49. The molecule has 0 radical (unpaired) electrons. The van der Waals surface area contributed by atoms with Crippen LogP contribution in [0.1, 0.15) is 17.0 Å². The molecule has 122 valence electrons. The Morgan fingerprint density at radius 2 is 1.48 bits per heavy atom. The molecular formula is C23H20N2. The quantitative estimate of drug-likeness (QED) is 0.411. The average molecular weight is 324 g/mol. The minimum Gasteiger partial charge on any atom is -0.318 e. The zero-order valence-corrected chi connectivity index (χ0v) is 14.5. The molecule has 4 aromatic rings. The van der Waals surface area contributed by atoms with Crippen LogP contribution in [0, 0.1) is 13.8 Å². The number of rotatable bonds is 3. The molecule has 0 unspecified atom stereocenters. The van der Waals surface area contributed by atoms with Crippen LogP contribution < -0.4 is 0 Å². The third kappa shape index (κ3) is 2.99. The van der Waals surface area contributed by atoms with Crippen molar-refractivity contribution in [1.29, 1.82) is 0 Å². The van der Waals surface area contributed by atoms with Crippen molar-refractivity contribution in [3.63, 3.8) is 0 Å². The second-order valence-corrected chi connectivity index (χ2v) is 6.29. The van der Waals surface area contributed by atoms with Gasteiger partial charge in [-0.3, -0.25) is 4.99 Å². The fourth-order valence-corrected chi connectivity index (χ4v) is 3.29. The lowest BCUT2D eigenvalue weighted by molar-refractivity contribution is 0.965. The van der Waals surface area contributed by atoms with Crippen LogP contribution in [0.4, 0.5) is 5.69 Å². The number of aryl methyl sites for hydroxylation is 1. The molecule has 0 atom stereocenters. The van der Waals surface area contributed by atoms with Crippen molar-refractivity contribution in [3.05, 3.63) is 95.8 Å². The third-order valence-corrected chi connectivity index (χ3v) is 4.57. The minimum atomic E-state index is 0.975. The van der Waals surface area contributed by atoms with Crippen molar-refractivity contribution in [1.82, 2.24) is 4.57 Å². The van der Waals surface area contributed by atoms with Crippen LogP contribution in [0.15, 0.2) is 83.9 Å². The SMILES string of the molecule is Cc1cc(C=Nc2ccc3ccccc3c2)c(C)n1-c1ccccc1. The molecule has 1 aromatic heterocycles. The van der Waals surface area contributed by atoms with Crippen LogP contribution in [-0.2, 0) is 0 Å². The van der Waals surface area contributed by atoms with E-state index in [-0.39, 0.29) is 0 Å². The number of hydrogen-bond acceptors (Lipinski definition) is 1. The highest BCUT2D eigenvalue weighted by Crippen LogP contribution is 2.23. The van der Waals surface area contributed by atoms with Gasteiger partial charge in [-0.25, -0.2) is 0 Å². The van der Waals surface area contributed by atoms with Gasteiger partial charge in [0.25, 0.3) is 0 Å². The molecule has 0 saturated heterocycles. The number of hydrogen-bond donors (Lipinski definition) is 0. The third-order valence-electron chi connectivity index (χ3n) is 4.57. The first kappa shape index (κ1) is 15.4. The Hall–Kier alpha value is -3.13. The van der Waals surface area contributed by atoms with E-state index < -0.39 is 0 Å². The lowest BCUT2D eigenvalue weighted by Gasteiger charge is -2.08. The van der Waals surface area contributed by atoms with Gasteiger partial charge in [0.1, 0.15) is 0 Å². The molecule has 2 heteroatoms. The van der Waals surface area contributed by atoms with Crippen molar-refractivity contribution in [3.8, 4) is 5.69 Å². The first-order chi connectivity index (χ1) is 12.2. The zero-order chi connectivity index (χ0) is 17.2. The van der Waals surface area contributed by atoms with E-state index in [0.717, 1.165) is 11.3 Å². The highest BCUT2D eigenvalue weighted by molar-refractivity contribution is 5.88. The topological polar surface area (TPSA) is 17.3 Å². The van der Waals surface area contributed by atoms with E-state index in [1.807, 2.05) is 12.3 Å². The summed E-state index contributed by atoms with van der Waals surface area (Å²) in [7, 11) is 0. The second-order valence-electron chi connectivity index (χ2n) is 6.29. The minimum absolute atomic E-state index is 0.975. The molecule has 0 aliphatic carbocycles. The summed E-state index contributed by atoms with van der Waals surface area (Å²) in [5.41, 5.74) is 5.72. The second kappa shape index (κ2) is 6.40. The smallest absolute Gasteiger partial charge is 0.0636 e. The zero-order valence-electron chi connectivity index (χ0n) is 14.5. The molecule has 0 saturated carbocycles. The van der Waals surface area contributed by atoms with E-state index in [1.54, 1.807) is 0 Å². The van der Waals surface area contributed by atoms with Gasteiger partial charge in [-0.15, -0.1) is 0 Å². The Morgan fingerprint density at radius 3 is 2.28 bits per heavy atom. The van der Waals surface area contributed by atoms with Gasteiger partial charge in [0.2, 0.25) is 0 Å². The lowest BCUT2D eigenvalue weighted by Crippen LogP contribution is -1.98. The van der Waals surface area contributed by atoms with E-state index in [4.69, 9.17) is 4.99 Å². The predicted octanol–water partition coefficient (Wildman–Crippen LogP) is 6.00. The highest BCUT2D eigenvalue weighted by atomic mass is 15.0. The molecule has 3 aromatic carbocycles.